The maximum atomic E-state index is 3.72. The lowest BCUT2D eigenvalue weighted by molar-refractivity contribution is 1.15. The van der Waals surface area contributed by atoms with Crippen LogP contribution in [0, 0.1) is 6.92 Å². The number of aromatic nitrogens is 1. The predicted molar refractivity (Wildman–Crippen MR) is 198 cm³/mol. The van der Waals surface area contributed by atoms with Crippen LogP contribution in [0.25, 0.3) is 44.7 Å². The Morgan fingerprint density at radius 2 is 1.44 bits per heavy atom. The molecule has 1 aromatic heterocycles. The molecule has 0 bridgehead atoms. The molecule has 3 aromatic carbocycles. The van der Waals surface area contributed by atoms with Gasteiger partial charge in [0, 0.05) is 22.9 Å². The van der Waals surface area contributed by atoms with Crippen molar-refractivity contribution in [3.63, 3.8) is 0 Å². The van der Waals surface area contributed by atoms with E-state index in [2.05, 4.69) is 135 Å². The van der Waals surface area contributed by atoms with Crippen LogP contribution in [0.5, 0.6) is 0 Å². The van der Waals surface area contributed by atoms with E-state index in [1.54, 1.807) is 0 Å². The van der Waals surface area contributed by atoms with E-state index in [9.17, 15) is 0 Å². The standard InChI is InChI=1S/C27H23N.C11H16.2C2H6/c1-3-7-21-8-6-11-24-25-18-22(20-14-12-19(2)13-15-20)16-17-26(25)28(27(21)24)23-9-4-5-10-23;1-5-8-11(9-6-2)10(4)7-3;2*1-2/h3-9,11-18H,10H2,1-2H3;5-9H,3H2,1-2,4H3;2*1-2H3/b7-3+;8-5-,9-6-;;. The lowest BCUT2D eigenvalue weighted by Crippen LogP contribution is -1.96. The summed E-state index contributed by atoms with van der Waals surface area (Å²) < 4.78 is 2.44. The van der Waals surface area contributed by atoms with Gasteiger partial charge in [-0.2, -0.15) is 0 Å². The van der Waals surface area contributed by atoms with E-state index in [1.165, 1.54) is 60.9 Å². The molecule has 0 spiro atoms. The van der Waals surface area contributed by atoms with E-state index >= 15 is 0 Å². The van der Waals surface area contributed by atoms with E-state index in [-0.39, 0.29) is 0 Å². The van der Waals surface area contributed by atoms with Gasteiger partial charge in [-0.1, -0.05) is 143 Å². The Balaban J connectivity index is 0.000000366. The number of fused-ring (bicyclic) bond motifs is 3. The zero-order valence-corrected chi connectivity index (χ0v) is 27.9. The molecular formula is C42H51N. The largest absolute Gasteiger partial charge is 0.312 e. The Hall–Kier alpha value is -4.36. The number of hydrogen-bond acceptors (Lipinski definition) is 0. The second-order valence-electron chi connectivity index (χ2n) is 9.81. The first kappa shape index (κ1) is 34.8. The fraction of sp³-hybridized carbons (Fsp3) is 0.238. The molecule has 0 aliphatic heterocycles. The molecule has 0 radical (unpaired) electrons. The molecule has 1 heteroatoms. The molecule has 0 atom stereocenters. The molecule has 0 saturated heterocycles. The summed E-state index contributed by atoms with van der Waals surface area (Å²) in [6, 6.07) is 22.3. The first-order valence-electron chi connectivity index (χ1n) is 15.7. The summed E-state index contributed by atoms with van der Waals surface area (Å²) in [4.78, 5) is 0. The highest BCUT2D eigenvalue weighted by atomic mass is 15.0. The number of allylic oxidation sites excluding steroid dienone is 12. The molecule has 5 rings (SSSR count). The van der Waals surface area contributed by atoms with Gasteiger partial charge < -0.3 is 4.57 Å². The Morgan fingerprint density at radius 3 is 2.00 bits per heavy atom. The fourth-order valence-corrected chi connectivity index (χ4v) is 5.03. The van der Waals surface area contributed by atoms with E-state index in [1.807, 2.05) is 59.8 Å². The molecule has 1 heterocycles. The Morgan fingerprint density at radius 1 is 0.791 bits per heavy atom. The summed E-state index contributed by atoms with van der Waals surface area (Å²) in [7, 11) is 0. The Kier molecular flexibility index (Phi) is 14.8. The third kappa shape index (κ3) is 8.58. The predicted octanol–water partition coefficient (Wildman–Crippen LogP) is 13.3. The average Bonchev–Trinajstić information content (AvgIpc) is 3.70. The zero-order chi connectivity index (χ0) is 31.8. The van der Waals surface area contributed by atoms with Gasteiger partial charge in [-0.15, -0.1) is 0 Å². The van der Waals surface area contributed by atoms with Gasteiger partial charge in [0.25, 0.3) is 0 Å². The molecular weight excluding hydrogens is 518 g/mol. The quantitative estimate of drug-likeness (QED) is 0.204. The normalized spacial score (nSPS) is 12.1. The minimum atomic E-state index is 0.975. The van der Waals surface area contributed by atoms with E-state index in [4.69, 9.17) is 0 Å². The highest BCUT2D eigenvalue weighted by molar-refractivity contribution is 6.13. The lowest BCUT2D eigenvalue weighted by Gasteiger charge is -2.10. The molecule has 4 aromatic rings. The van der Waals surface area contributed by atoms with Crippen LogP contribution in [0.3, 0.4) is 0 Å². The van der Waals surface area contributed by atoms with Crippen molar-refractivity contribution < 1.29 is 0 Å². The smallest absolute Gasteiger partial charge is 0.0610 e. The van der Waals surface area contributed by atoms with Crippen LogP contribution < -0.4 is 0 Å². The van der Waals surface area contributed by atoms with Crippen LogP contribution in [0.2, 0.25) is 0 Å². The lowest BCUT2D eigenvalue weighted by atomic mass is 10.0. The molecule has 0 N–H and O–H groups in total. The van der Waals surface area contributed by atoms with E-state index in [0.717, 1.165) is 6.42 Å². The Bertz CT molecular complexity index is 1640. The van der Waals surface area contributed by atoms with Crippen LogP contribution in [-0.2, 0) is 0 Å². The van der Waals surface area contributed by atoms with Crippen LogP contribution in [0.1, 0.15) is 72.9 Å². The van der Waals surface area contributed by atoms with Crippen molar-refractivity contribution in [3.8, 4) is 11.1 Å². The van der Waals surface area contributed by atoms with Crippen LogP contribution in [0.15, 0.2) is 133 Å². The van der Waals surface area contributed by atoms with Crippen molar-refractivity contribution in [2.24, 2.45) is 0 Å². The summed E-state index contributed by atoms with van der Waals surface area (Å²) in [5.41, 5.74) is 11.4. The first-order chi connectivity index (χ1) is 21.0. The average molecular weight is 570 g/mol. The summed E-state index contributed by atoms with van der Waals surface area (Å²) in [6.45, 7) is 22.0. The molecule has 43 heavy (non-hydrogen) atoms. The van der Waals surface area contributed by atoms with Crippen LogP contribution in [-0.4, -0.2) is 4.57 Å². The molecule has 224 valence electrons. The monoisotopic (exact) mass is 569 g/mol. The highest BCUT2D eigenvalue weighted by Crippen LogP contribution is 2.38. The SMILES string of the molecule is C/C=C/c1cccc2c3cc(-c4ccc(C)cc4)ccc3n(C3=CC=CC3)c12.C=CC(C)=C(/C=C\C)/C=C\C.CC.CC. The molecule has 0 amide bonds. The summed E-state index contributed by atoms with van der Waals surface area (Å²) in [6.07, 6.45) is 22.0. The van der Waals surface area contributed by atoms with Crippen molar-refractivity contribution in [2.45, 2.75) is 68.7 Å². The van der Waals surface area contributed by atoms with Gasteiger partial charge in [0.15, 0.2) is 0 Å². The van der Waals surface area contributed by atoms with Crippen molar-refractivity contribution in [2.75, 3.05) is 0 Å². The van der Waals surface area contributed by atoms with Crippen LogP contribution in [0.4, 0.5) is 0 Å². The van der Waals surface area contributed by atoms with E-state index < -0.39 is 0 Å². The molecule has 0 saturated carbocycles. The summed E-state index contributed by atoms with van der Waals surface area (Å²) in [5.74, 6) is 0. The summed E-state index contributed by atoms with van der Waals surface area (Å²) >= 11 is 0. The van der Waals surface area contributed by atoms with Crippen molar-refractivity contribution in [1.82, 2.24) is 4.57 Å². The maximum Gasteiger partial charge on any atom is 0.0610 e. The minimum absolute atomic E-state index is 0.975. The van der Waals surface area contributed by atoms with Gasteiger partial charge in [-0.3, -0.25) is 0 Å². The van der Waals surface area contributed by atoms with Gasteiger partial charge in [-0.25, -0.2) is 0 Å². The maximum absolute atomic E-state index is 3.72. The van der Waals surface area contributed by atoms with Gasteiger partial charge >= 0.3 is 0 Å². The highest BCUT2D eigenvalue weighted by Gasteiger charge is 2.17. The molecule has 1 aliphatic rings. The van der Waals surface area contributed by atoms with Gasteiger partial charge in [0.05, 0.1) is 11.0 Å². The summed E-state index contributed by atoms with van der Waals surface area (Å²) in [5, 5.41) is 2.62. The fourth-order valence-electron chi connectivity index (χ4n) is 5.03. The number of para-hydroxylation sites is 1. The first-order valence-corrected chi connectivity index (χ1v) is 15.7. The van der Waals surface area contributed by atoms with Crippen molar-refractivity contribution >= 4 is 33.6 Å². The van der Waals surface area contributed by atoms with Gasteiger partial charge in [0.2, 0.25) is 0 Å². The molecule has 0 fully saturated rings. The third-order valence-electron chi connectivity index (χ3n) is 7.04. The molecule has 1 aliphatic carbocycles. The van der Waals surface area contributed by atoms with Crippen LogP contribution >= 0.6 is 0 Å². The second-order valence-corrected chi connectivity index (χ2v) is 9.81. The Labute approximate surface area is 261 Å². The third-order valence-corrected chi connectivity index (χ3v) is 7.04. The topological polar surface area (TPSA) is 4.93 Å². The van der Waals surface area contributed by atoms with Gasteiger partial charge in [0.1, 0.15) is 0 Å². The number of aryl methyl sites for hydroxylation is 1. The second kappa shape index (κ2) is 18.2. The van der Waals surface area contributed by atoms with Crippen molar-refractivity contribution in [3.05, 3.63) is 144 Å². The molecule has 1 nitrogen and oxygen atoms in total. The van der Waals surface area contributed by atoms with E-state index in [0.29, 0.717) is 0 Å². The van der Waals surface area contributed by atoms with Crippen molar-refractivity contribution in [1.29, 1.82) is 0 Å². The number of rotatable bonds is 6. The number of nitrogens with zero attached hydrogens (tertiary/aromatic N) is 1. The van der Waals surface area contributed by atoms with Gasteiger partial charge in [-0.05, 0) is 80.7 Å². The molecule has 0 unspecified atom stereocenters. The minimum Gasteiger partial charge on any atom is -0.312 e. The number of benzene rings is 3. The zero-order valence-electron chi connectivity index (χ0n) is 27.9. The number of hydrogen-bond donors (Lipinski definition) is 0.